The molecule has 1 saturated carbocycles. The number of aliphatic hydroxyl groups is 1. The molecule has 0 bridgehead atoms. The maximum absolute atomic E-state index is 10.3. The van der Waals surface area contributed by atoms with Crippen LogP contribution in [0.2, 0.25) is 0 Å². The third-order valence-corrected chi connectivity index (χ3v) is 3.08. The summed E-state index contributed by atoms with van der Waals surface area (Å²) in [6, 6.07) is 0. The molecule has 0 amide bonds. The minimum absolute atomic E-state index is 0.196. The van der Waals surface area contributed by atoms with Gasteiger partial charge < -0.3 is 20.3 Å². The van der Waals surface area contributed by atoms with E-state index < -0.39 is 12.1 Å². The van der Waals surface area contributed by atoms with Gasteiger partial charge in [0.25, 0.3) is 0 Å². The van der Waals surface area contributed by atoms with Crippen molar-refractivity contribution in [2.45, 2.75) is 31.8 Å². The number of hydrogen-bond donors (Lipinski definition) is 3. The second-order valence-corrected chi connectivity index (χ2v) is 4.63. The van der Waals surface area contributed by atoms with Crippen LogP contribution in [0, 0.1) is 5.41 Å². The Bertz CT molecular complexity index is 228. The van der Waals surface area contributed by atoms with Gasteiger partial charge in [-0.25, -0.2) is 0 Å². The number of aliphatic carboxylic acids is 1. The highest BCUT2D eigenvalue weighted by Gasteiger charge is 2.41. The first kappa shape index (κ1) is 13.4. The smallest absolute Gasteiger partial charge is 0.306 e. The third kappa shape index (κ3) is 4.92. The molecule has 0 heterocycles. The summed E-state index contributed by atoms with van der Waals surface area (Å²) in [5.74, 6) is -0.963. The van der Waals surface area contributed by atoms with Gasteiger partial charge in [0, 0.05) is 26.8 Å². The van der Waals surface area contributed by atoms with E-state index in [-0.39, 0.29) is 6.42 Å². The lowest BCUT2D eigenvalue weighted by Crippen LogP contribution is -2.33. The number of carboxylic acids is 1. The monoisotopic (exact) mass is 231 g/mol. The van der Waals surface area contributed by atoms with E-state index in [1.165, 1.54) is 12.8 Å². The van der Waals surface area contributed by atoms with Gasteiger partial charge >= 0.3 is 5.97 Å². The number of carbonyl (C=O) groups is 1. The predicted octanol–water partition coefficient (Wildman–Crippen LogP) is 0.228. The number of nitrogens with one attached hydrogen (secondary N) is 1. The van der Waals surface area contributed by atoms with Gasteiger partial charge in [0.2, 0.25) is 0 Å². The highest BCUT2D eigenvalue weighted by Crippen LogP contribution is 2.48. The number of ether oxygens (including phenoxy) is 1. The minimum atomic E-state index is -0.963. The average molecular weight is 231 g/mol. The molecule has 1 fully saturated rings. The lowest BCUT2D eigenvalue weighted by Gasteiger charge is -2.16. The third-order valence-electron chi connectivity index (χ3n) is 3.08. The Hall–Kier alpha value is -0.650. The normalized spacial score (nSPS) is 19.4. The summed E-state index contributed by atoms with van der Waals surface area (Å²) in [6.07, 6.45) is 2.43. The van der Waals surface area contributed by atoms with Crippen LogP contribution >= 0.6 is 0 Å². The summed E-state index contributed by atoms with van der Waals surface area (Å²) in [7, 11) is 1.69. The van der Waals surface area contributed by atoms with Gasteiger partial charge in [-0.1, -0.05) is 0 Å². The van der Waals surface area contributed by atoms with E-state index in [9.17, 15) is 9.90 Å². The molecule has 0 aromatic heterocycles. The molecule has 1 aliphatic carbocycles. The Morgan fingerprint density at radius 1 is 1.56 bits per heavy atom. The second kappa shape index (κ2) is 6.18. The zero-order valence-corrected chi connectivity index (χ0v) is 9.74. The van der Waals surface area contributed by atoms with E-state index >= 15 is 0 Å². The standard InChI is InChI=1S/C11H21NO4/c1-16-5-4-11(2-3-11)8-12-7-9(13)6-10(14)15/h9,12-13H,2-8H2,1H3,(H,14,15). The number of rotatable bonds is 9. The van der Waals surface area contributed by atoms with Gasteiger partial charge in [-0.15, -0.1) is 0 Å². The lowest BCUT2D eigenvalue weighted by atomic mass is 10.0. The van der Waals surface area contributed by atoms with Crippen molar-refractivity contribution in [3.63, 3.8) is 0 Å². The molecule has 0 aliphatic heterocycles. The van der Waals surface area contributed by atoms with Crippen molar-refractivity contribution < 1.29 is 19.7 Å². The number of carboxylic acid groups (broad SMARTS) is 1. The van der Waals surface area contributed by atoms with Crippen LogP contribution in [0.1, 0.15) is 25.7 Å². The van der Waals surface area contributed by atoms with Gasteiger partial charge in [0.15, 0.2) is 0 Å². The van der Waals surface area contributed by atoms with Crippen LogP contribution in [0.5, 0.6) is 0 Å². The van der Waals surface area contributed by atoms with Crippen molar-refractivity contribution >= 4 is 5.97 Å². The van der Waals surface area contributed by atoms with Gasteiger partial charge in [-0.05, 0) is 24.7 Å². The Labute approximate surface area is 95.8 Å². The van der Waals surface area contributed by atoms with Crippen molar-refractivity contribution in [1.29, 1.82) is 0 Å². The van der Waals surface area contributed by atoms with E-state index in [1.54, 1.807) is 7.11 Å². The Morgan fingerprint density at radius 3 is 2.75 bits per heavy atom. The lowest BCUT2D eigenvalue weighted by molar-refractivity contribution is -0.139. The van der Waals surface area contributed by atoms with E-state index in [4.69, 9.17) is 9.84 Å². The maximum atomic E-state index is 10.3. The molecule has 5 heteroatoms. The Kier molecular flexibility index (Phi) is 5.18. The SMILES string of the molecule is COCCC1(CNCC(O)CC(=O)O)CC1. The fourth-order valence-corrected chi connectivity index (χ4v) is 1.79. The molecule has 1 aliphatic rings. The molecule has 0 radical (unpaired) electrons. The number of methoxy groups -OCH3 is 1. The van der Waals surface area contributed by atoms with Gasteiger partial charge in [-0.3, -0.25) is 4.79 Å². The highest BCUT2D eigenvalue weighted by molar-refractivity contribution is 5.67. The molecule has 3 N–H and O–H groups in total. The zero-order chi connectivity index (χ0) is 12.0. The highest BCUT2D eigenvalue weighted by atomic mass is 16.5. The Morgan fingerprint density at radius 2 is 2.25 bits per heavy atom. The molecule has 0 spiro atoms. The summed E-state index contributed by atoms with van der Waals surface area (Å²) in [4.78, 5) is 10.3. The molecule has 0 aromatic carbocycles. The van der Waals surface area contributed by atoms with Crippen molar-refractivity contribution in [2.75, 3.05) is 26.8 Å². The molecule has 5 nitrogen and oxygen atoms in total. The minimum Gasteiger partial charge on any atom is -0.481 e. The first-order chi connectivity index (χ1) is 7.58. The van der Waals surface area contributed by atoms with Gasteiger partial charge in [-0.2, -0.15) is 0 Å². The fourth-order valence-electron chi connectivity index (χ4n) is 1.79. The van der Waals surface area contributed by atoms with Crippen LogP contribution < -0.4 is 5.32 Å². The quantitative estimate of drug-likeness (QED) is 0.529. The molecule has 0 saturated heterocycles. The summed E-state index contributed by atoms with van der Waals surface area (Å²) < 4.78 is 5.04. The van der Waals surface area contributed by atoms with Crippen LogP contribution in [0.4, 0.5) is 0 Å². The molecule has 1 atom stereocenters. The second-order valence-electron chi connectivity index (χ2n) is 4.63. The van der Waals surface area contributed by atoms with Crippen LogP contribution in [0.25, 0.3) is 0 Å². The fraction of sp³-hybridized carbons (Fsp3) is 0.909. The molecule has 94 valence electrons. The summed E-state index contributed by atoms with van der Waals surface area (Å²) >= 11 is 0. The Balaban J connectivity index is 2.08. The topological polar surface area (TPSA) is 78.8 Å². The van der Waals surface area contributed by atoms with E-state index in [0.717, 1.165) is 19.6 Å². The van der Waals surface area contributed by atoms with Crippen molar-refractivity contribution in [3.05, 3.63) is 0 Å². The molecule has 1 rings (SSSR count). The van der Waals surface area contributed by atoms with Gasteiger partial charge in [0.1, 0.15) is 0 Å². The first-order valence-corrected chi connectivity index (χ1v) is 5.67. The summed E-state index contributed by atoms with van der Waals surface area (Å²) in [5.41, 5.74) is 0.332. The van der Waals surface area contributed by atoms with Crippen molar-refractivity contribution in [2.24, 2.45) is 5.41 Å². The van der Waals surface area contributed by atoms with Gasteiger partial charge in [0.05, 0.1) is 12.5 Å². The first-order valence-electron chi connectivity index (χ1n) is 5.67. The maximum Gasteiger partial charge on any atom is 0.306 e. The molecule has 0 aromatic rings. The van der Waals surface area contributed by atoms with E-state index in [0.29, 0.717) is 12.0 Å². The number of aliphatic hydroxyl groups excluding tert-OH is 1. The molecular weight excluding hydrogens is 210 g/mol. The molecule has 1 unspecified atom stereocenters. The molecule has 16 heavy (non-hydrogen) atoms. The zero-order valence-electron chi connectivity index (χ0n) is 9.74. The van der Waals surface area contributed by atoms with Crippen molar-refractivity contribution in [1.82, 2.24) is 5.32 Å². The van der Waals surface area contributed by atoms with E-state index in [2.05, 4.69) is 5.32 Å². The average Bonchev–Trinajstić information content (AvgIpc) is 2.94. The van der Waals surface area contributed by atoms with Crippen LogP contribution in [-0.4, -0.2) is 49.1 Å². The number of hydrogen-bond acceptors (Lipinski definition) is 4. The van der Waals surface area contributed by atoms with Crippen LogP contribution in [-0.2, 0) is 9.53 Å². The predicted molar refractivity (Wildman–Crippen MR) is 59.3 cm³/mol. The summed E-state index contributed by atoms with van der Waals surface area (Å²) in [5, 5.41) is 20.9. The van der Waals surface area contributed by atoms with Crippen molar-refractivity contribution in [3.8, 4) is 0 Å². The van der Waals surface area contributed by atoms with E-state index in [1.807, 2.05) is 0 Å². The largest absolute Gasteiger partial charge is 0.481 e. The van der Waals surface area contributed by atoms with Crippen LogP contribution in [0.3, 0.4) is 0 Å². The summed E-state index contributed by atoms with van der Waals surface area (Å²) in [6.45, 7) is 1.95. The van der Waals surface area contributed by atoms with Crippen LogP contribution in [0.15, 0.2) is 0 Å². The molecular formula is C11H21NO4.